The molecule has 2 unspecified atom stereocenters. The van der Waals surface area contributed by atoms with E-state index in [9.17, 15) is 0 Å². The van der Waals surface area contributed by atoms with Crippen molar-refractivity contribution in [1.29, 1.82) is 0 Å². The summed E-state index contributed by atoms with van der Waals surface area (Å²) in [6, 6.07) is 11.2. The summed E-state index contributed by atoms with van der Waals surface area (Å²) in [5.74, 6) is 1.65. The Bertz CT molecular complexity index is 530. The average Bonchev–Trinajstić information content (AvgIpc) is 2.65. The van der Waals surface area contributed by atoms with Crippen molar-refractivity contribution in [2.24, 2.45) is 10.9 Å². The molecule has 1 aliphatic rings. The van der Waals surface area contributed by atoms with Crippen LogP contribution in [0, 0.1) is 5.92 Å². The van der Waals surface area contributed by atoms with Gasteiger partial charge < -0.3 is 15.5 Å². The van der Waals surface area contributed by atoms with Crippen LogP contribution in [0.4, 0.5) is 0 Å². The molecule has 5 heteroatoms. The maximum Gasteiger partial charge on any atom is 0.190 e. The minimum atomic E-state index is 0.521. The van der Waals surface area contributed by atoms with Crippen LogP contribution in [0.25, 0.3) is 0 Å². The number of hydrogen-bond acceptors (Lipinski definition) is 3. The lowest BCUT2D eigenvalue weighted by molar-refractivity contribution is 0.210. The molecule has 2 N–H and O–H groups in total. The number of nitrogens with zero attached hydrogens (tertiary/aromatic N) is 3. The van der Waals surface area contributed by atoms with E-state index in [1.807, 2.05) is 7.05 Å². The number of guanidine groups is 1. The number of rotatable bonds is 8. The molecule has 2 atom stereocenters. The van der Waals surface area contributed by atoms with Gasteiger partial charge in [0.25, 0.3) is 0 Å². The molecule has 0 bridgehead atoms. The predicted molar refractivity (Wildman–Crippen MR) is 112 cm³/mol. The molecule has 0 aromatic heterocycles. The summed E-state index contributed by atoms with van der Waals surface area (Å²) in [6.07, 6.45) is 3.71. The van der Waals surface area contributed by atoms with Crippen molar-refractivity contribution in [3.05, 3.63) is 35.9 Å². The van der Waals surface area contributed by atoms with Gasteiger partial charge in [-0.1, -0.05) is 30.3 Å². The van der Waals surface area contributed by atoms with Gasteiger partial charge in [-0.05, 0) is 58.3 Å². The van der Waals surface area contributed by atoms with E-state index < -0.39 is 0 Å². The summed E-state index contributed by atoms with van der Waals surface area (Å²) in [5, 5.41) is 6.97. The number of hydrogen-bond donors (Lipinski definition) is 2. The Kier molecular flexibility index (Phi) is 8.92. The van der Waals surface area contributed by atoms with Crippen molar-refractivity contribution in [2.75, 3.05) is 47.3 Å². The van der Waals surface area contributed by atoms with Gasteiger partial charge in [-0.15, -0.1) is 0 Å². The molecule has 26 heavy (non-hydrogen) atoms. The third kappa shape index (κ3) is 7.34. The molecule has 0 spiro atoms. The summed E-state index contributed by atoms with van der Waals surface area (Å²) < 4.78 is 0. The second-order valence-corrected chi connectivity index (χ2v) is 7.69. The lowest BCUT2D eigenvalue weighted by atomic mass is 9.99. The van der Waals surface area contributed by atoms with Crippen molar-refractivity contribution in [3.8, 4) is 0 Å². The standard InChI is InChI=1S/C21H37N5/c1-18(26(4)17-19-9-6-5-7-10-19)12-13-23-21(22-2)24-15-20-11-8-14-25(3)16-20/h5-7,9-10,18,20H,8,11-17H2,1-4H3,(H2,22,23,24). The highest BCUT2D eigenvalue weighted by Crippen LogP contribution is 2.13. The van der Waals surface area contributed by atoms with Gasteiger partial charge in [0.1, 0.15) is 0 Å². The molecule has 0 aliphatic carbocycles. The van der Waals surface area contributed by atoms with E-state index in [0.717, 1.165) is 37.9 Å². The van der Waals surface area contributed by atoms with Gasteiger partial charge in [0.2, 0.25) is 0 Å². The number of benzene rings is 1. The van der Waals surface area contributed by atoms with Crippen LogP contribution in [0.2, 0.25) is 0 Å². The zero-order valence-corrected chi connectivity index (χ0v) is 17.0. The Hall–Kier alpha value is -1.59. The first-order valence-electron chi connectivity index (χ1n) is 9.95. The number of likely N-dealkylation sites (tertiary alicyclic amines) is 1. The van der Waals surface area contributed by atoms with E-state index in [2.05, 4.69) is 76.8 Å². The Morgan fingerprint density at radius 3 is 2.77 bits per heavy atom. The Morgan fingerprint density at radius 1 is 1.31 bits per heavy atom. The van der Waals surface area contributed by atoms with Gasteiger partial charge in [0, 0.05) is 39.3 Å². The van der Waals surface area contributed by atoms with Crippen molar-refractivity contribution < 1.29 is 0 Å². The molecule has 0 saturated carbocycles. The summed E-state index contributed by atoms with van der Waals surface area (Å²) >= 11 is 0. The first kappa shape index (κ1) is 20.7. The molecule has 1 aromatic carbocycles. The Balaban J connectivity index is 1.64. The van der Waals surface area contributed by atoms with Gasteiger partial charge in [-0.3, -0.25) is 9.89 Å². The second kappa shape index (κ2) is 11.2. The van der Waals surface area contributed by atoms with E-state index in [-0.39, 0.29) is 0 Å². The molecule has 1 heterocycles. The second-order valence-electron chi connectivity index (χ2n) is 7.69. The molecule has 1 fully saturated rings. The van der Waals surface area contributed by atoms with Crippen LogP contribution in [-0.4, -0.2) is 69.1 Å². The Labute approximate surface area is 159 Å². The largest absolute Gasteiger partial charge is 0.356 e. The molecule has 146 valence electrons. The van der Waals surface area contributed by atoms with E-state index in [0.29, 0.717) is 6.04 Å². The zero-order chi connectivity index (χ0) is 18.8. The third-order valence-corrected chi connectivity index (χ3v) is 5.39. The van der Waals surface area contributed by atoms with Crippen molar-refractivity contribution in [1.82, 2.24) is 20.4 Å². The monoisotopic (exact) mass is 359 g/mol. The van der Waals surface area contributed by atoms with Crippen LogP contribution in [-0.2, 0) is 6.54 Å². The maximum atomic E-state index is 4.37. The fourth-order valence-electron chi connectivity index (χ4n) is 3.55. The van der Waals surface area contributed by atoms with Gasteiger partial charge in [0.15, 0.2) is 5.96 Å². The topological polar surface area (TPSA) is 42.9 Å². The van der Waals surface area contributed by atoms with Crippen LogP contribution in [0.1, 0.15) is 31.7 Å². The molecule has 5 nitrogen and oxygen atoms in total. The fourth-order valence-corrected chi connectivity index (χ4v) is 3.55. The molecule has 1 saturated heterocycles. The van der Waals surface area contributed by atoms with E-state index in [1.54, 1.807) is 0 Å². The molecular weight excluding hydrogens is 322 g/mol. The number of aliphatic imine (C=N–C) groups is 1. The van der Waals surface area contributed by atoms with E-state index >= 15 is 0 Å². The SMILES string of the molecule is CN=C(NCCC(C)N(C)Cc1ccccc1)NCC1CCCN(C)C1. The van der Waals surface area contributed by atoms with Crippen LogP contribution in [0.3, 0.4) is 0 Å². The van der Waals surface area contributed by atoms with Gasteiger partial charge in [-0.2, -0.15) is 0 Å². The van der Waals surface area contributed by atoms with E-state index in [4.69, 9.17) is 0 Å². The van der Waals surface area contributed by atoms with Crippen LogP contribution in [0.15, 0.2) is 35.3 Å². The van der Waals surface area contributed by atoms with Crippen LogP contribution < -0.4 is 10.6 Å². The third-order valence-electron chi connectivity index (χ3n) is 5.39. The quantitative estimate of drug-likeness (QED) is 0.553. The number of piperidine rings is 1. The summed E-state index contributed by atoms with van der Waals surface area (Å²) in [6.45, 7) is 7.64. The highest BCUT2D eigenvalue weighted by Gasteiger charge is 2.17. The lowest BCUT2D eigenvalue weighted by Crippen LogP contribution is -2.44. The van der Waals surface area contributed by atoms with Gasteiger partial charge in [-0.25, -0.2) is 0 Å². The van der Waals surface area contributed by atoms with Gasteiger partial charge in [0.05, 0.1) is 0 Å². The molecule has 2 rings (SSSR count). The minimum absolute atomic E-state index is 0.521. The molecule has 0 amide bonds. The molecular formula is C21H37N5. The fraction of sp³-hybridized carbons (Fsp3) is 0.667. The van der Waals surface area contributed by atoms with Crippen LogP contribution >= 0.6 is 0 Å². The zero-order valence-electron chi connectivity index (χ0n) is 17.0. The molecule has 1 aromatic rings. The van der Waals surface area contributed by atoms with Crippen molar-refractivity contribution in [2.45, 2.75) is 38.8 Å². The highest BCUT2D eigenvalue weighted by atomic mass is 15.2. The van der Waals surface area contributed by atoms with E-state index in [1.165, 1.54) is 31.5 Å². The average molecular weight is 360 g/mol. The first-order chi connectivity index (χ1) is 12.6. The minimum Gasteiger partial charge on any atom is -0.356 e. The smallest absolute Gasteiger partial charge is 0.190 e. The molecule has 1 aliphatic heterocycles. The lowest BCUT2D eigenvalue weighted by Gasteiger charge is -2.30. The number of nitrogens with one attached hydrogen (secondary N) is 2. The summed E-state index contributed by atoms with van der Waals surface area (Å²) in [7, 11) is 6.27. The van der Waals surface area contributed by atoms with Crippen molar-refractivity contribution >= 4 is 5.96 Å². The van der Waals surface area contributed by atoms with Gasteiger partial charge >= 0.3 is 0 Å². The predicted octanol–water partition coefficient (Wildman–Crippen LogP) is 2.40. The van der Waals surface area contributed by atoms with Crippen molar-refractivity contribution in [3.63, 3.8) is 0 Å². The van der Waals surface area contributed by atoms with Crippen LogP contribution in [0.5, 0.6) is 0 Å². The first-order valence-corrected chi connectivity index (χ1v) is 9.95. The Morgan fingerprint density at radius 2 is 2.08 bits per heavy atom. The maximum absolute atomic E-state index is 4.37. The molecule has 0 radical (unpaired) electrons. The highest BCUT2D eigenvalue weighted by molar-refractivity contribution is 5.79. The normalized spacial score (nSPS) is 20.2. The summed E-state index contributed by atoms with van der Waals surface area (Å²) in [4.78, 5) is 9.20. The summed E-state index contributed by atoms with van der Waals surface area (Å²) in [5.41, 5.74) is 1.37.